The molecular formula is C10H12FNO2. The highest BCUT2D eigenvalue weighted by Gasteiger charge is 2.17. The molecule has 0 saturated carbocycles. The van der Waals surface area contributed by atoms with Crippen molar-refractivity contribution in [3.8, 4) is 0 Å². The number of aromatic carboxylic acids is 1. The van der Waals surface area contributed by atoms with E-state index >= 15 is 0 Å². The fraction of sp³-hybridized carbons (Fsp3) is 0.400. The Bertz CT molecular complexity index is 388. The van der Waals surface area contributed by atoms with E-state index in [9.17, 15) is 9.18 Å². The summed E-state index contributed by atoms with van der Waals surface area (Å²) >= 11 is 0. The van der Waals surface area contributed by atoms with Gasteiger partial charge in [0, 0.05) is 5.69 Å². The molecule has 0 aliphatic carbocycles. The van der Waals surface area contributed by atoms with Crippen molar-refractivity contribution >= 4 is 5.97 Å². The van der Waals surface area contributed by atoms with Crippen LogP contribution in [0.4, 0.5) is 4.39 Å². The standard InChI is InChI=1S/C10H12FNO2/c1-5-6(2)9(10(13)14)8(4-11)12-7(5)3/h4H2,1-3H3,(H,13,14). The quantitative estimate of drug-likeness (QED) is 0.790. The lowest BCUT2D eigenvalue weighted by atomic mass is 10.0. The summed E-state index contributed by atoms with van der Waals surface area (Å²) in [6.07, 6.45) is 0. The van der Waals surface area contributed by atoms with Gasteiger partial charge in [0.25, 0.3) is 0 Å². The van der Waals surface area contributed by atoms with Crippen LogP contribution in [0.25, 0.3) is 0 Å². The van der Waals surface area contributed by atoms with E-state index in [0.717, 1.165) is 5.56 Å². The van der Waals surface area contributed by atoms with E-state index in [1.165, 1.54) is 0 Å². The summed E-state index contributed by atoms with van der Waals surface area (Å²) in [6, 6.07) is 0. The zero-order valence-corrected chi connectivity index (χ0v) is 8.39. The predicted molar refractivity (Wildman–Crippen MR) is 50.2 cm³/mol. The van der Waals surface area contributed by atoms with Gasteiger partial charge in [-0.05, 0) is 31.9 Å². The highest BCUT2D eigenvalue weighted by atomic mass is 19.1. The third-order valence-electron chi connectivity index (χ3n) is 2.41. The number of pyridine rings is 1. The van der Waals surface area contributed by atoms with E-state index < -0.39 is 12.6 Å². The molecule has 0 saturated heterocycles. The molecule has 0 aliphatic rings. The van der Waals surface area contributed by atoms with Crippen LogP contribution in [0.2, 0.25) is 0 Å². The molecule has 1 N–H and O–H groups in total. The van der Waals surface area contributed by atoms with Gasteiger partial charge in [0.05, 0.1) is 11.3 Å². The molecule has 0 bridgehead atoms. The summed E-state index contributed by atoms with van der Waals surface area (Å²) in [6.45, 7) is 4.36. The van der Waals surface area contributed by atoms with Crippen LogP contribution < -0.4 is 0 Å². The van der Waals surface area contributed by atoms with Crippen LogP contribution >= 0.6 is 0 Å². The smallest absolute Gasteiger partial charge is 0.337 e. The molecule has 4 heteroatoms. The van der Waals surface area contributed by atoms with Gasteiger partial charge in [-0.3, -0.25) is 4.98 Å². The Balaban J connectivity index is 3.53. The first-order valence-corrected chi connectivity index (χ1v) is 4.25. The van der Waals surface area contributed by atoms with Gasteiger partial charge in [-0.2, -0.15) is 0 Å². The molecule has 0 aromatic carbocycles. The minimum absolute atomic E-state index is 0.00407. The number of carboxylic acids is 1. The van der Waals surface area contributed by atoms with Crippen molar-refractivity contribution in [3.05, 3.63) is 28.1 Å². The Kier molecular flexibility index (Phi) is 2.84. The highest BCUT2D eigenvalue weighted by molar-refractivity contribution is 5.91. The Hall–Kier alpha value is -1.45. The lowest BCUT2D eigenvalue weighted by Gasteiger charge is -2.10. The molecule has 3 nitrogen and oxygen atoms in total. The molecule has 0 spiro atoms. The van der Waals surface area contributed by atoms with E-state index in [4.69, 9.17) is 5.11 Å². The first-order chi connectivity index (χ1) is 6.49. The molecule has 76 valence electrons. The number of hydrogen-bond donors (Lipinski definition) is 1. The largest absolute Gasteiger partial charge is 0.478 e. The number of carboxylic acid groups (broad SMARTS) is 1. The van der Waals surface area contributed by atoms with Crippen molar-refractivity contribution in [1.82, 2.24) is 4.98 Å². The first-order valence-electron chi connectivity index (χ1n) is 4.25. The second kappa shape index (κ2) is 3.74. The van der Waals surface area contributed by atoms with Crippen LogP contribution in [0.1, 0.15) is 32.9 Å². The number of alkyl halides is 1. The number of carbonyl (C=O) groups is 1. The van der Waals surface area contributed by atoms with Crippen LogP contribution in [0, 0.1) is 20.8 Å². The SMILES string of the molecule is Cc1nc(CF)c(C(=O)O)c(C)c1C. The molecule has 0 unspecified atom stereocenters. The van der Waals surface area contributed by atoms with Crippen molar-refractivity contribution in [2.75, 3.05) is 0 Å². The monoisotopic (exact) mass is 197 g/mol. The lowest BCUT2D eigenvalue weighted by Crippen LogP contribution is -2.10. The number of halogens is 1. The Morgan fingerprint density at radius 2 is 1.93 bits per heavy atom. The topological polar surface area (TPSA) is 50.2 Å². The molecule has 0 amide bonds. The van der Waals surface area contributed by atoms with Crippen LogP contribution in [0.5, 0.6) is 0 Å². The molecule has 0 atom stereocenters. The molecule has 1 aromatic heterocycles. The predicted octanol–water partition coefficient (Wildman–Crippen LogP) is 2.17. The maximum absolute atomic E-state index is 12.5. The van der Waals surface area contributed by atoms with Crippen LogP contribution in [-0.4, -0.2) is 16.1 Å². The van der Waals surface area contributed by atoms with E-state index in [2.05, 4.69) is 4.98 Å². The molecule has 1 rings (SSSR count). The number of nitrogens with zero attached hydrogens (tertiary/aromatic N) is 1. The van der Waals surface area contributed by atoms with Gasteiger partial charge in [-0.1, -0.05) is 0 Å². The molecular weight excluding hydrogens is 185 g/mol. The maximum Gasteiger partial charge on any atom is 0.337 e. The molecule has 1 heterocycles. The summed E-state index contributed by atoms with van der Waals surface area (Å²) in [5.74, 6) is -1.12. The van der Waals surface area contributed by atoms with Crippen molar-refractivity contribution in [3.63, 3.8) is 0 Å². The van der Waals surface area contributed by atoms with Crippen molar-refractivity contribution in [2.24, 2.45) is 0 Å². The van der Waals surface area contributed by atoms with Gasteiger partial charge < -0.3 is 5.11 Å². The number of hydrogen-bond acceptors (Lipinski definition) is 2. The molecule has 0 fully saturated rings. The second-order valence-electron chi connectivity index (χ2n) is 3.21. The van der Waals surface area contributed by atoms with Gasteiger partial charge in [0.1, 0.15) is 6.67 Å². The van der Waals surface area contributed by atoms with E-state index in [-0.39, 0.29) is 11.3 Å². The summed E-state index contributed by atoms with van der Waals surface area (Å²) in [5.41, 5.74) is 2.09. The fourth-order valence-electron chi connectivity index (χ4n) is 1.40. The Morgan fingerprint density at radius 1 is 1.36 bits per heavy atom. The highest BCUT2D eigenvalue weighted by Crippen LogP contribution is 2.19. The zero-order valence-electron chi connectivity index (χ0n) is 8.39. The third kappa shape index (κ3) is 1.60. The second-order valence-corrected chi connectivity index (χ2v) is 3.21. The fourth-order valence-corrected chi connectivity index (χ4v) is 1.40. The normalized spacial score (nSPS) is 10.3. The van der Waals surface area contributed by atoms with Crippen LogP contribution in [0.3, 0.4) is 0 Å². The van der Waals surface area contributed by atoms with Crippen molar-refractivity contribution < 1.29 is 14.3 Å². The van der Waals surface area contributed by atoms with E-state index in [1.807, 2.05) is 0 Å². The van der Waals surface area contributed by atoms with Gasteiger partial charge >= 0.3 is 5.97 Å². The van der Waals surface area contributed by atoms with Gasteiger partial charge in [0.15, 0.2) is 0 Å². The molecule has 1 aromatic rings. The summed E-state index contributed by atoms with van der Waals surface area (Å²) < 4.78 is 12.5. The van der Waals surface area contributed by atoms with Crippen LogP contribution in [-0.2, 0) is 6.67 Å². The van der Waals surface area contributed by atoms with Crippen molar-refractivity contribution in [1.29, 1.82) is 0 Å². The van der Waals surface area contributed by atoms with E-state index in [1.54, 1.807) is 20.8 Å². The third-order valence-corrected chi connectivity index (χ3v) is 2.41. The van der Waals surface area contributed by atoms with Crippen molar-refractivity contribution in [2.45, 2.75) is 27.4 Å². The van der Waals surface area contributed by atoms with E-state index in [0.29, 0.717) is 11.3 Å². The van der Waals surface area contributed by atoms with Gasteiger partial charge in [-0.15, -0.1) is 0 Å². The minimum atomic E-state index is -1.12. The van der Waals surface area contributed by atoms with Gasteiger partial charge in [-0.25, -0.2) is 9.18 Å². The summed E-state index contributed by atoms with van der Waals surface area (Å²) in [4.78, 5) is 14.8. The minimum Gasteiger partial charge on any atom is -0.478 e. The Labute approximate surface area is 81.6 Å². The lowest BCUT2D eigenvalue weighted by molar-refractivity contribution is 0.0693. The number of rotatable bonds is 2. The molecule has 0 radical (unpaired) electrons. The average molecular weight is 197 g/mol. The molecule has 14 heavy (non-hydrogen) atoms. The Morgan fingerprint density at radius 3 is 2.36 bits per heavy atom. The maximum atomic E-state index is 12.5. The average Bonchev–Trinajstić information content (AvgIpc) is 2.12. The van der Waals surface area contributed by atoms with Gasteiger partial charge in [0.2, 0.25) is 0 Å². The number of aryl methyl sites for hydroxylation is 1. The van der Waals surface area contributed by atoms with Crippen LogP contribution in [0.15, 0.2) is 0 Å². The number of aromatic nitrogens is 1. The zero-order chi connectivity index (χ0) is 10.9. The first kappa shape index (κ1) is 10.6. The molecule has 0 aliphatic heterocycles. The summed E-state index contributed by atoms with van der Waals surface area (Å²) in [5, 5.41) is 8.89. The summed E-state index contributed by atoms with van der Waals surface area (Å²) in [7, 11) is 0.